The van der Waals surface area contributed by atoms with Gasteiger partial charge in [-0.25, -0.2) is 0 Å². The standard InChI is InChI=1S/C21H23N3O4/c25-20(14-24-18-7-1-2-8-19(18)28-15-21(24)26)23(13-17-6-4-10-27-17)12-16-5-3-9-22-11-16/h1-3,5,7-9,11,17H,4,6,10,12-15H2/t17-/m0/s1. The summed E-state index contributed by atoms with van der Waals surface area (Å²) in [6.45, 7) is 1.60. The van der Waals surface area contributed by atoms with Crippen LogP contribution < -0.4 is 9.64 Å². The topological polar surface area (TPSA) is 72.0 Å². The fourth-order valence-electron chi connectivity index (χ4n) is 3.56. The molecule has 0 radical (unpaired) electrons. The van der Waals surface area contributed by atoms with E-state index in [0.717, 1.165) is 25.0 Å². The lowest BCUT2D eigenvalue weighted by Gasteiger charge is -2.32. The van der Waals surface area contributed by atoms with Gasteiger partial charge in [0.1, 0.15) is 12.3 Å². The number of benzene rings is 1. The Morgan fingerprint density at radius 2 is 2.14 bits per heavy atom. The van der Waals surface area contributed by atoms with E-state index < -0.39 is 0 Å². The predicted octanol–water partition coefficient (Wildman–Crippen LogP) is 2.01. The van der Waals surface area contributed by atoms with Gasteiger partial charge < -0.3 is 14.4 Å². The number of hydrogen-bond acceptors (Lipinski definition) is 5. The van der Waals surface area contributed by atoms with E-state index in [0.29, 0.717) is 24.5 Å². The molecule has 1 aromatic heterocycles. The van der Waals surface area contributed by atoms with Crippen LogP contribution in [0.25, 0.3) is 0 Å². The normalized spacial score (nSPS) is 18.5. The third kappa shape index (κ3) is 4.14. The minimum absolute atomic E-state index is 0.0216. The van der Waals surface area contributed by atoms with Gasteiger partial charge in [0.25, 0.3) is 5.91 Å². The molecule has 2 aliphatic heterocycles. The third-order valence-corrected chi connectivity index (χ3v) is 5.00. The quantitative estimate of drug-likeness (QED) is 0.766. The first-order valence-electron chi connectivity index (χ1n) is 9.51. The average molecular weight is 381 g/mol. The zero-order valence-electron chi connectivity index (χ0n) is 15.6. The van der Waals surface area contributed by atoms with Crippen molar-refractivity contribution in [2.24, 2.45) is 0 Å². The highest BCUT2D eigenvalue weighted by atomic mass is 16.5. The molecule has 1 saturated heterocycles. The molecule has 2 amide bonds. The van der Waals surface area contributed by atoms with Gasteiger partial charge in [-0.2, -0.15) is 0 Å². The Labute approximate surface area is 163 Å². The maximum absolute atomic E-state index is 13.2. The van der Waals surface area contributed by atoms with Gasteiger partial charge in [0, 0.05) is 32.1 Å². The van der Waals surface area contributed by atoms with E-state index in [-0.39, 0.29) is 31.1 Å². The summed E-state index contributed by atoms with van der Waals surface area (Å²) in [5, 5.41) is 0. The van der Waals surface area contributed by atoms with E-state index in [1.807, 2.05) is 24.3 Å². The molecule has 0 saturated carbocycles. The summed E-state index contributed by atoms with van der Waals surface area (Å²) >= 11 is 0. The Balaban J connectivity index is 1.52. The Bertz CT molecular complexity index is 837. The molecule has 0 bridgehead atoms. The van der Waals surface area contributed by atoms with Crippen molar-refractivity contribution in [3.8, 4) is 5.75 Å². The third-order valence-electron chi connectivity index (χ3n) is 5.00. The molecule has 4 rings (SSSR count). The molecule has 0 aliphatic carbocycles. The van der Waals surface area contributed by atoms with Crippen LogP contribution >= 0.6 is 0 Å². The van der Waals surface area contributed by atoms with Crippen LogP contribution in [0.5, 0.6) is 5.75 Å². The van der Waals surface area contributed by atoms with Crippen LogP contribution in [0.1, 0.15) is 18.4 Å². The van der Waals surface area contributed by atoms with Crippen LogP contribution in [0.15, 0.2) is 48.8 Å². The highest BCUT2D eigenvalue weighted by Gasteiger charge is 2.30. The SMILES string of the molecule is O=C(CN1C(=O)COc2ccccc21)N(Cc1cccnc1)C[C@@H]1CCCO1. The number of nitrogens with zero attached hydrogens (tertiary/aromatic N) is 3. The maximum Gasteiger partial charge on any atom is 0.265 e. The van der Waals surface area contributed by atoms with Crippen molar-refractivity contribution in [2.75, 3.05) is 31.2 Å². The van der Waals surface area contributed by atoms with Gasteiger partial charge in [0.05, 0.1) is 11.8 Å². The lowest BCUT2D eigenvalue weighted by molar-refractivity contribution is -0.133. The van der Waals surface area contributed by atoms with Crippen molar-refractivity contribution in [3.63, 3.8) is 0 Å². The number of anilines is 1. The van der Waals surface area contributed by atoms with Crippen LogP contribution in [0.4, 0.5) is 5.69 Å². The largest absolute Gasteiger partial charge is 0.482 e. The number of carbonyl (C=O) groups is 2. The second-order valence-corrected chi connectivity index (χ2v) is 7.01. The van der Waals surface area contributed by atoms with Crippen molar-refractivity contribution in [2.45, 2.75) is 25.5 Å². The van der Waals surface area contributed by atoms with Crippen LogP contribution in [0.3, 0.4) is 0 Å². The summed E-state index contributed by atoms with van der Waals surface area (Å²) in [7, 11) is 0. The molecule has 0 spiro atoms. The number of amides is 2. The van der Waals surface area contributed by atoms with Gasteiger partial charge in [0.2, 0.25) is 5.91 Å². The summed E-state index contributed by atoms with van der Waals surface area (Å²) in [5.41, 5.74) is 1.58. The number of rotatable bonds is 6. The summed E-state index contributed by atoms with van der Waals surface area (Å²) in [4.78, 5) is 33.0. The fourth-order valence-corrected chi connectivity index (χ4v) is 3.56. The van der Waals surface area contributed by atoms with E-state index in [2.05, 4.69) is 4.98 Å². The molecule has 3 heterocycles. The zero-order chi connectivity index (χ0) is 19.3. The lowest BCUT2D eigenvalue weighted by atomic mass is 10.2. The van der Waals surface area contributed by atoms with Crippen LogP contribution in [0.2, 0.25) is 0 Å². The Morgan fingerprint density at radius 1 is 1.25 bits per heavy atom. The van der Waals surface area contributed by atoms with Crippen molar-refractivity contribution < 1.29 is 19.1 Å². The molecule has 7 heteroatoms. The molecule has 7 nitrogen and oxygen atoms in total. The molecule has 1 atom stereocenters. The van der Waals surface area contributed by atoms with Crippen molar-refractivity contribution in [1.29, 1.82) is 0 Å². The van der Waals surface area contributed by atoms with Crippen LogP contribution in [0, 0.1) is 0 Å². The van der Waals surface area contributed by atoms with E-state index in [9.17, 15) is 9.59 Å². The van der Waals surface area contributed by atoms with E-state index in [4.69, 9.17) is 9.47 Å². The summed E-state index contributed by atoms with van der Waals surface area (Å²) < 4.78 is 11.2. The van der Waals surface area contributed by atoms with Crippen molar-refractivity contribution >= 4 is 17.5 Å². The van der Waals surface area contributed by atoms with E-state index >= 15 is 0 Å². The molecule has 146 valence electrons. The molecule has 0 unspecified atom stereocenters. The van der Waals surface area contributed by atoms with Crippen molar-refractivity contribution in [3.05, 3.63) is 54.4 Å². The van der Waals surface area contributed by atoms with Gasteiger partial charge in [0.15, 0.2) is 6.61 Å². The number of pyridine rings is 1. The summed E-state index contributed by atoms with van der Waals surface area (Å²) in [5.74, 6) is 0.280. The van der Waals surface area contributed by atoms with Crippen LogP contribution in [-0.4, -0.2) is 54.1 Å². The fraction of sp³-hybridized carbons (Fsp3) is 0.381. The number of para-hydroxylation sites is 2. The monoisotopic (exact) mass is 381 g/mol. The van der Waals surface area contributed by atoms with Gasteiger partial charge in [-0.15, -0.1) is 0 Å². The molecule has 0 N–H and O–H groups in total. The average Bonchev–Trinajstić information content (AvgIpc) is 3.23. The first-order valence-corrected chi connectivity index (χ1v) is 9.51. The second kappa shape index (κ2) is 8.39. The van der Waals surface area contributed by atoms with E-state index in [1.165, 1.54) is 4.90 Å². The number of hydrogen-bond donors (Lipinski definition) is 0. The first-order chi connectivity index (χ1) is 13.7. The highest BCUT2D eigenvalue weighted by molar-refractivity contribution is 6.02. The molecule has 2 aromatic rings. The van der Waals surface area contributed by atoms with Gasteiger partial charge in [-0.3, -0.25) is 19.5 Å². The minimum atomic E-state index is -0.217. The number of carbonyl (C=O) groups excluding carboxylic acids is 2. The van der Waals surface area contributed by atoms with Crippen LogP contribution in [-0.2, 0) is 20.9 Å². The van der Waals surface area contributed by atoms with Gasteiger partial charge >= 0.3 is 0 Å². The Morgan fingerprint density at radius 3 is 2.93 bits per heavy atom. The zero-order valence-corrected chi connectivity index (χ0v) is 15.6. The van der Waals surface area contributed by atoms with E-state index in [1.54, 1.807) is 29.4 Å². The predicted molar refractivity (Wildman–Crippen MR) is 103 cm³/mol. The highest BCUT2D eigenvalue weighted by Crippen LogP contribution is 2.31. The van der Waals surface area contributed by atoms with Gasteiger partial charge in [-0.05, 0) is 36.6 Å². The molecule has 1 fully saturated rings. The minimum Gasteiger partial charge on any atom is -0.482 e. The molecule has 2 aliphatic rings. The summed E-state index contributed by atoms with van der Waals surface area (Å²) in [6.07, 6.45) is 5.45. The Hall–Kier alpha value is -2.93. The molecule has 1 aromatic carbocycles. The second-order valence-electron chi connectivity index (χ2n) is 7.01. The van der Waals surface area contributed by atoms with Gasteiger partial charge in [-0.1, -0.05) is 18.2 Å². The summed E-state index contributed by atoms with van der Waals surface area (Å²) in [6, 6.07) is 11.1. The number of fused-ring (bicyclic) bond motifs is 1. The van der Waals surface area contributed by atoms with Crippen molar-refractivity contribution in [1.82, 2.24) is 9.88 Å². The Kier molecular flexibility index (Phi) is 5.53. The number of ether oxygens (including phenoxy) is 2. The smallest absolute Gasteiger partial charge is 0.265 e. The molecule has 28 heavy (non-hydrogen) atoms. The lowest BCUT2D eigenvalue weighted by Crippen LogP contribution is -2.47. The molecular formula is C21H23N3O4. The molecular weight excluding hydrogens is 358 g/mol. The number of aromatic nitrogens is 1. The first kappa shape index (κ1) is 18.4. The maximum atomic E-state index is 13.2.